The number of benzene rings is 1. The molecule has 0 saturated carbocycles. The van der Waals surface area contributed by atoms with Gasteiger partial charge in [0, 0.05) is 33.4 Å². The predicted molar refractivity (Wildman–Crippen MR) is 80.8 cm³/mol. The maximum Gasteiger partial charge on any atom is 0.416 e. The highest BCUT2D eigenvalue weighted by Gasteiger charge is 2.30. The molecular formula is C15H22F3N3O. The van der Waals surface area contributed by atoms with Crippen molar-refractivity contribution in [2.75, 3.05) is 26.8 Å². The van der Waals surface area contributed by atoms with Gasteiger partial charge in [0.2, 0.25) is 0 Å². The van der Waals surface area contributed by atoms with Crippen molar-refractivity contribution in [3.63, 3.8) is 0 Å². The van der Waals surface area contributed by atoms with Gasteiger partial charge in [0.25, 0.3) is 0 Å². The van der Waals surface area contributed by atoms with Gasteiger partial charge in [-0.3, -0.25) is 4.99 Å². The summed E-state index contributed by atoms with van der Waals surface area (Å²) < 4.78 is 43.1. The number of guanidine groups is 1. The van der Waals surface area contributed by atoms with Crippen LogP contribution in [-0.4, -0.2) is 32.8 Å². The van der Waals surface area contributed by atoms with Crippen molar-refractivity contribution in [1.82, 2.24) is 10.6 Å². The number of ether oxygens (including phenoxy) is 1. The van der Waals surface area contributed by atoms with Crippen LogP contribution >= 0.6 is 0 Å². The fraction of sp³-hybridized carbons (Fsp3) is 0.533. The molecule has 1 rings (SSSR count). The van der Waals surface area contributed by atoms with Crippen molar-refractivity contribution in [3.05, 3.63) is 35.4 Å². The smallest absolute Gasteiger partial charge is 0.382 e. The second-order valence-electron chi connectivity index (χ2n) is 4.60. The van der Waals surface area contributed by atoms with E-state index in [1.807, 2.05) is 6.92 Å². The Bertz CT molecular complexity index is 475. The standard InChI is InChI=1S/C15H22F3N3O/c1-3-22-9-5-8-20-14(19-2)21-11-12-6-4-7-13(10-12)15(16,17)18/h4,6-7,10H,3,5,8-9,11H2,1-2H3,(H2,19,20,21). The van der Waals surface area contributed by atoms with Crippen molar-refractivity contribution < 1.29 is 17.9 Å². The van der Waals surface area contributed by atoms with Gasteiger partial charge in [-0.05, 0) is 31.0 Å². The predicted octanol–water partition coefficient (Wildman–Crippen LogP) is 2.80. The number of nitrogens with one attached hydrogen (secondary N) is 2. The van der Waals surface area contributed by atoms with Crippen LogP contribution < -0.4 is 10.6 Å². The maximum atomic E-state index is 12.6. The third-order valence-corrected chi connectivity index (χ3v) is 2.90. The summed E-state index contributed by atoms with van der Waals surface area (Å²) in [4.78, 5) is 4.02. The lowest BCUT2D eigenvalue weighted by atomic mass is 10.1. The van der Waals surface area contributed by atoms with Gasteiger partial charge in [-0.1, -0.05) is 12.1 Å². The van der Waals surface area contributed by atoms with Gasteiger partial charge in [-0.15, -0.1) is 0 Å². The third-order valence-electron chi connectivity index (χ3n) is 2.90. The summed E-state index contributed by atoms with van der Waals surface area (Å²) in [6.07, 6.45) is -3.49. The van der Waals surface area contributed by atoms with Gasteiger partial charge in [-0.2, -0.15) is 13.2 Å². The molecule has 0 aromatic heterocycles. The topological polar surface area (TPSA) is 45.6 Å². The quantitative estimate of drug-likeness (QED) is 0.462. The number of hydrogen-bond donors (Lipinski definition) is 2. The first-order chi connectivity index (χ1) is 10.5. The fourth-order valence-electron chi connectivity index (χ4n) is 1.79. The van der Waals surface area contributed by atoms with Crippen LogP contribution in [0.4, 0.5) is 13.2 Å². The lowest BCUT2D eigenvalue weighted by Gasteiger charge is -2.13. The van der Waals surface area contributed by atoms with Crippen LogP contribution in [0.25, 0.3) is 0 Å². The van der Waals surface area contributed by atoms with E-state index in [1.165, 1.54) is 6.07 Å². The van der Waals surface area contributed by atoms with Crippen molar-refractivity contribution in [2.24, 2.45) is 4.99 Å². The molecule has 0 saturated heterocycles. The molecule has 0 unspecified atom stereocenters. The van der Waals surface area contributed by atoms with Gasteiger partial charge >= 0.3 is 6.18 Å². The lowest BCUT2D eigenvalue weighted by Crippen LogP contribution is -2.37. The van der Waals surface area contributed by atoms with E-state index in [4.69, 9.17) is 4.74 Å². The number of hydrogen-bond acceptors (Lipinski definition) is 2. The molecule has 0 bridgehead atoms. The van der Waals surface area contributed by atoms with E-state index in [0.29, 0.717) is 31.3 Å². The Hall–Kier alpha value is -1.76. The van der Waals surface area contributed by atoms with E-state index in [9.17, 15) is 13.2 Å². The molecular weight excluding hydrogens is 295 g/mol. The van der Waals surface area contributed by atoms with Gasteiger partial charge in [0.1, 0.15) is 0 Å². The van der Waals surface area contributed by atoms with Gasteiger partial charge in [0.15, 0.2) is 5.96 Å². The Labute approximate surface area is 128 Å². The Morgan fingerprint density at radius 1 is 1.27 bits per heavy atom. The minimum atomic E-state index is -4.32. The first-order valence-corrected chi connectivity index (χ1v) is 7.15. The molecule has 0 amide bonds. The molecule has 4 nitrogen and oxygen atoms in total. The largest absolute Gasteiger partial charge is 0.416 e. The molecule has 0 heterocycles. The Balaban J connectivity index is 2.43. The van der Waals surface area contributed by atoms with Gasteiger partial charge in [-0.25, -0.2) is 0 Å². The number of nitrogens with zero attached hydrogens (tertiary/aromatic N) is 1. The molecule has 1 aromatic rings. The Morgan fingerprint density at radius 2 is 2.05 bits per heavy atom. The zero-order valence-corrected chi connectivity index (χ0v) is 12.8. The van der Waals surface area contributed by atoms with Crippen LogP contribution in [0.15, 0.2) is 29.3 Å². The monoisotopic (exact) mass is 317 g/mol. The molecule has 0 aliphatic rings. The molecule has 22 heavy (non-hydrogen) atoms. The van der Waals surface area contributed by atoms with Crippen molar-refractivity contribution >= 4 is 5.96 Å². The van der Waals surface area contributed by atoms with Crippen LogP contribution in [0.3, 0.4) is 0 Å². The molecule has 0 atom stereocenters. The normalized spacial score (nSPS) is 12.3. The van der Waals surface area contributed by atoms with E-state index >= 15 is 0 Å². The van der Waals surface area contributed by atoms with E-state index in [2.05, 4.69) is 15.6 Å². The van der Waals surface area contributed by atoms with Gasteiger partial charge in [0.05, 0.1) is 5.56 Å². The van der Waals surface area contributed by atoms with Crippen molar-refractivity contribution in [1.29, 1.82) is 0 Å². The summed E-state index contributed by atoms with van der Waals surface area (Å²) in [6.45, 7) is 4.23. The summed E-state index contributed by atoms with van der Waals surface area (Å²) in [6, 6.07) is 5.24. The Morgan fingerprint density at radius 3 is 2.68 bits per heavy atom. The lowest BCUT2D eigenvalue weighted by molar-refractivity contribution is -0.137. The molecule has 2 N–H and O–H groups in total. The molecule has 0 radical (unpaired) electrons. The zero-order valence-electron chi connectivity index (χ0n) is 12.8. The average molecular weight is 317 g/mol. The van der Waals surface area contributed by atoms with E-state index in [1.54, 1.807) is 13.1 Å². The van der Waals surface area contributed by atoms with Crippen molar-refractivity contribution in [3.8, 4) is 0 Å². The second kappa shape index (κ2) is 9.30. The highest BCUT2D eigenvalue weighted by molar-refractivity contribution is 5.79. The van der Waals surface area contributed by atoms with E-state index in [-0.39, 0.29) is 6.54 Å². The number of halogens is 3. The highest BCUT2D eigenvalue weighted by atomic mass is 19.4. The molecule has 0 spiro atoms. The van der Waals surface area contributed by atoms with E-state index in [0.717, 1.165) is 18.6 Å². The molecule has 0 aliphatic heterocycles. The fourth-order valence-corrected chi connectivity index (χ4v) is 1.79. The number of rotatable bonds is 7. The summed E-state index contributed by atoms with van der Waals surface area (Å²) in [5, 5.41) is 6.07. The zero-order chi connectivity index (χ0) is 16.4. The summed E-state index contributed by atoms with van der Waals surface area (Å²) in [5.74, 6) is 0.550. The van der Waals surface area contributed by atoms with Crippen LogP contribution in [0.1, 0.15) is 24.5 Å². The van der Waals surface area contributed by atoms with Crippen LogP contribution in [-0.2, 0) is 17.5 Å². The maximum absolute atomic E-state index is 12.6. The summed E-state index contributed by atoms with van der Waals surface area (Å²) in [5.41, 5.74) is -0.0986. The minimum absolute atomic E-state index is 0.273. The van der Waals surface area contributed by atoms with Crippen LogP contribution in [0, 0.1) is 0 Å². The number of alkyl halides is 3. The number of aliphatic imine (C=N–C) groups is 1. The molecule has 124 valence electrons. The summed E-state index contributed by atoms with van der Waals surface area (Å²) >= 11 is 0. The SMILES string of the molecule is CCOCCCNC(=NC)NCc1cccc(C(F)(F)F)c1. The highest BCUT2D eigenvalue weighted by Crippen LogP contribution is 2.29. The third kappa shape index (κ3) is 6.80. The Kier molecular flexibility index (Phi) is 7.73. The van der Waals surface area contributed by atoms with E-state index < -0.39 is 11.7 Å². The van der Waals surface area contributed by atoms with Crippen molar-refractivity contribution in [2.45, 2.75) is 26.1 Å². The average Bonchev–Trinajstić information content (AvgIpc) is 2.49. The minimum Gasteiger partial charge on any atom is -0.382 e. The first kappa shape index (κ1) is 18.3. The molecule has 0 aliphatic carbocycles. The van der Waals surface area contributed by atoms with Gasteiger partial charge < -0.3 is 15.4 Å². The van der Waals surface area contributed by atoms with Crippen LogP contribution in [0.2, 0.25) is 0 Å². The molecule has 0 fully saturated rings. The molecule has 7 heteroatoms. The molecule has 1 aromatic carbocycles. The first-order valence-electron chi connectivity index (χ1n) is 7.15. The second-order valence-corrected chi connectivity index (χ2v) is 4.60. The summed E-state index contributed by atoms with van der Waals surface area (Å²) in [7, 11) is 1.62. The van der Waals surface area contributed by atoms with Crippen LogP contribution in [0.5, 0.6) is 0 Å².